The molecule has 0 unspecified atom stereocenters. The molecule has 0 fully saturated rings. The lowest BCUT2D eigenvalue weighted by Crippen LogP contribution is -2.10. The van der Waals surface area contributed by atoms with E-state index >= 15 is 0 Å². The molecule has 0 N–H and O–H groups in total. The predicted molar refractivity (Wildman–Crippen MR) is 269 cm³/mol. The Hall–Kier alpha value is -8.26. The van der Waals surface area contributed by atoms with E-state index in [-0.39, 0.29) is 0 Å². The second-order valence-corrected chi connectivity index (χ2v) is 16.1. The first kappa shape index (κ1) is 37.7. The Bertz CT molecular complexity index is 3270. The first-order chi connectivity index (χ1) is 31.3. The lowest BCUT2D eigenvalue weighted by atomic mass is 9.82. The molecule has 0 bridgehead atoms. The van der Waals surface area contributed by atoms with Crippen LogP contribution in [0.5, 0.6) is 0 Å². The van der Waals surface area contributed by atoms with E-state index in [4.69, 9.17) is 0 Å². The van der Waals surface area contributed by atoms with Crippen molar-refractivity contribution in [2.45, 2.75) is 0 Å². The molecule has 63 heavy (non-hydrogen) atoms. The molecular weight excluding hydrogens is 759 g/mol. The molecule has 11 aromatic carbocycles. The van der Waals surface area contributed by atoms with Crippen molar-refractivity contribution in [3.8, 4) is 66.8 Å². The molecule has 296 valence electrons. The van der Waals surface area contributed by atoms with E-state index < -0.39 is 0 Å². The van der Waals surface area contributed by atoms with Gasteiger partial charge in [0, 0.05) is 17.1 Å². The average molecular weight is 802 g/mol. The highest BCUT2D eigenvalue weighted by atomic mass is 15.1. The summed E-state index contributed by atoms with van der Waals surface area (Å²) in [4.78, 5) is 2.40. The molecule has 0 spiro atoms. The summed E-state index contributed by atoms with van der Waals surface area (Å²) in [5, 5.41) is 5.01. The van der Waals surface area contributed by atoms with Gasteiger partial charge in [-0.15, -0.1) is 0 Å². The van der Waals surface area contributed by atoms with E-state index in [0.29, 0.717) is 0 Å². The Morgan fingerprint density at radius 2 is 0.587 bits per heavy atom. The summed E-state index contributed by atoms with van der Waals surface area (Å²) in [5.74, 6) is 0. The Balaban J connectivity index is 1.12. The van der Waals surface area contributed by atoms with Gasteiger partial charge >= 0.3 is 0 Å². The molecule has 0 radical (unpaired) electrons. The van der Waals surface area contributed by atoms with Crippen molar-refractivity contribution in [2.75, 3.05) is 4.90 Å². The van der Waals surface area contributed by atoms with Gasteiger partial charge in [0.05, 0.1) is 0 Å². The van der Waals surface area contributed by atoms with Gasteiger partial charge in [0.15, 0.2) is 0 Å². The maximum Gasteiger partial charge on any atom is 0.0473 e. The lowest BCUT2D eigenvalue weighted by molar-refractivity contribution is 1.28. The van der Waals surface area contributed by atoms with Crippen molar-refractivity contribution in [3.05, 3.63) is 261 Å². The third-order valence-electron chi connectivity index (χ3n) is 12.2. The molecule has 1 nitrogen and oxygen atoms in total. The molecular formula is C62H43N. The number of hydrogen-bond donors (Lipinski definition) is 0. The molecule has 0 saturated carbocycles. The number of rotatable bonds is 9. The zero-order valence-corrected chi connectivity index (χ0v) is 34.8. The largest absolute Gasteiger partial charge is 0.310 e. The van der Waals surface area contributed by atoms with Gasteiger partial charge in [-0.25, -0.2) is 0 Å². The predicted octanol–water partition coefficient (Wildman–Crippen LogP) is 17.5. The van der Waals surface area contributed by atoms with Gasteiger partial charge in [-0.2, -0.15) is 0 Å². The molecule has 0 saturated heterocycles. The van der Waals surface area contributed by atoms with Crippen LogP contribution in [0.2, 0.25) is 0 Å². The molecule has 11 rings (SSSR count). The topological polar surface area (TPSA) is 3.24 Å². The molecule has 0 amide bonds. The fourth-order valence-corrected chi connectivity index (χ4v) is 9.29. The first-order valence-corrected chi connectivity index (χ1v) is 21.7. The summed E-state index contributed by atoms with van der Waals surface area (Å²) in [6.45, 7) is 0. The minimum Gasteiger partial charge on any atom is -0.310 e. The molecule has 0 aliphatic carbocycles. The smallest absolute Gasteiger partial charge is 0.0473 e. The summed E-state index contributed by atoms with van der Waals surface area (Å²) >= 11 is 0. The SMILES string of the molecule is c1ccc(-c2ccc(N(c3ccc(-c4cccc5c4c(-c4ccccc4)c(-c4ccccc4)c4ccccc45)cc3)c3cc(-c4ccccc4)cc(-c4ccccc4)c3)cc2)cc1. The van der Waals surface area contributed by atoms with Crippen LogP contribution in [0.15, 0.2) is 261 Å². The number of fused-ring (bicyclic) bond motifs is 3. The Kier molecular flexibility index (Phi) is 9.97. The molecule has 0 heterocycles. The van der Waals surface area contributed by atoms with Gasteiger partial charge in [0.25, 0.3) is 0 Å². The lowest BCUT2D eigenvalue weighted by Gasteiger charge is -2.27. The van der Waals surface area contributed by atoms with Crippen molar-refractivity contribution >= 4 is 38.6 Å². The Labute approximate surface area is 369 Å². The fraction of sp³-hybridized carbons (Fsp3) is 0. The van der Waals surface area contributed by atoms with Crippen LogP contribution in [0.25, 0.3) is 88.3 Å². The summed E-state index contributed by atoms with van der Waals surface area (Å²) in [7, 11) is 0. The van der Waals surface area contributed by atoms with Crippen LogP contribution in [0.1, 0.15) is 0 Å². The maximum atomic E-state index is 2.40. The van der Waals surface area contributed by atoms with Gasteiger partial charge in [-0.3, -0.25) is 0 Å². The van der Waals surface area contributed by atoms with Crippen LogP contribution in [0.4, 0.5) is 17.1 Å². The van der Waals surface area contributed by atoms with Gasteiger partial charge in [0.2, 0.25) is 0 Å². The van der Waals surface area contributed by atoms with Crippen LogP contribution < -0.4 is 4.90 Å². The van der Waals surface area contributed by atoms with Crippen LogP contribution in [-0.2, 0) is 0 Å². The molecule has 0 atom stereocenters. The first-order valence-electron chi connectivity index (χ1n) is 21.7. The Morgan fingerprint density at radius 1 is 0.206 bits per heavy atom. The molecule has 0 aromatic heterocycles. The molecule has 0 aliphatic rings. The molecule has 11 aromatic rings. The van der Waals surface area contributed by atoms with Crippen LogP contribution in [0.3, 0.4) is 0 Å². The number of nitrogens with zero attached hydrogens (tertiary/aromatic N) is 1. The monoisotopic (exact) mass is 801 g/mol. The maximum absolute atomic E-state index is 2.40. The second-order valence-electron chi connectivity index (χ2n) is 16.1. The van der Waals surface area contributed by atoms with Gasteiger partial charge in [-0.05, 0) is 131 Å². The summed E-state index contributed by atoms with van der Waals surface area (Å²) in [6.07, 6.45) is 0. The standard InChI is InChI=1S/C62H43N/c1-6-19-44(20-7-1)47-33-37-53(38-34-47)63(55-42-51(45-21-8-2-9-22-45)41-52(43-55)46-23-10-3-11-24-46)54-39-35-48(36-40-54)56-31-18-32-59-57-29-16-17-30-58(57)60(49-25-12-4-13-26-49)61(62(56)59)50-27-14-5-15-28-50/h1-43H. The van der Waals surface area contributed by atoms with Crippen LogP contribution in [0, 0.1) is 0 Å². The summed E-state index contributed by atoms with van der Waals surface area (Å²) < 4.78 is 0. The van der Waals surface area contributed by atoms with E-state index in [1.165, 1.54) is 88.3 Å². The minimum atomic E-state index is 1.08. The van der Waals surface area contributed by atoms with E-state index in [9.17, 15) is 0 Å². The normalized spacial score (nSPS) is 11.2. The van der Waals surface area contributed by atoms with Gasteiger partial charge in [-0.1, -0.05) is 218 Å². The van der Waals surface area contributed by atoms with Crippen LogP contribution >= 0.6 is 0 Å². The van der Waals surface area contributed by atoms with E-state index in [2.05, 4.69) is 266 Å². The highest BCUT2D eigenvalue weighted by Crippen LogP contribution is 2.48. The second kappa shape index (κ2) is 16.7. The zero-order valence-electron chi connectivity index (χ0n) is 34.8. The van der Waals surface area contributed by atoms with Crippen molar-refractivity contribution in [3.63, 3.8) is 0 Å². The summed E-state index contributed by atoms with van der Waals surface area (Å²) in [5.41, 5.74) is 17.6. The number of anilines is 3. The van der Waals surface area contributed by atoms with E-state index in [1.54, 1.807) is 0 Å². The van der Waals surface area contributed by atoms with Crippen molar-refractivity contribution in [1.82, 2.24) is 0 Å². The number of benzene rings is 11. The quantitative estimate of drug-likeness (QED) is 0.131. The highest BCUT2D eigenvalue weighted by Gasteiger charge is 2.21. The van der Waals surface area contributed by atoms with Gasteiger partial charge in [0.1, 0.15) is 0 Å². The minimum absolute atomic E-state index is 1.08. The van der Waals surface area contributed by atoms with Crippen molar-refractivity contribution in [2.24, 2.45) is 0 Å². The van der Waals surface area contributed by atoms with Crippen LogP contribution in [-0.4, -0.2) is 0 Å². The van der Waals surface area contributed by atoms with Crippen molar-refractivity contribution < 1.29 is 0 Å². The third kappa shape index (κ3) is 7.26. The molecule has 1 heteroatoms. The van der Waals surface area contributed by atoms with Crippen molar-refractivity contribution in [1.29, 1.82) is 0 Å². The highest BCUT2D eigenvalue weighted by molar-refractivity contribution is 6.24. The van der Waals surface area contributed by atoms with E-state index in [0.717, 1.165) is 17.1 Å². The zero-order chi connectivity index (χ0) is 42.0. The third-order valence-corrected chi connectivity index (χ3v) is 12.2. The average Bonchev–Trinajstić information content (AvgIpc) is 3.37. The Morgan fingerprint density at radius 3 is 1.10 bits per heavy atom. The molecule has 0 aliphatic heterocycles. The summed E-state index contributed by atoms with van der Waals surface area (Å²) in [6, 6.07) is 94.6. The number of hydrogen-bond acceptors (Lipinski definition) is 1. The fourth-order valence-electron chi connectivity index (χ4n) is 9.29. The van der Waals surface area contributed by atoms with E-state index in [1.807, 2.05) is 0 Å². The van der Waals surface area contributed by atoms with Gasteiger partial charge < -0.3 is 4.90 Å².